The zero-order chi connectivity index (χ0) is 19.4. The summed E-state index contributed by atoms with van der Waals surface area (Å²) >= 11 is 0. The van der Waals surface area contributed by atoms with Crippen molar-refractivity contribution in [3.8, 4) is 0 Å². The third-order valence-electron chi connectivity index (χ3n) is 4.33. The highest BCUT2D eigenvalue weighted by atomic mass is 32.2. The smallest absolute Gasteiger partial charge is 0.338 e. The summed E-state index contributed by atoms with van der Waals surface area (Å²) in [5, 5.41) is 0. The van der Waals surface area contributed by atoms with Crippen LogP contribution in [0.5, 0.6) is 0 Å². The van der Waals surface area contributed by atoms with E-state index in [9.17, 15) is 13.2 Å². The summed E-state index contributed by atoms with van der Waals surface area (Å²) in [4.78, 5) is 12.0. The monoisotopic (exact) mass is 375 g/mol. The van der Waals surface area contributed by atoms with Crippen molar-refractivity contribution in [1.29, 1.82) is 0 Å². The van der Waals surface area contributed by atoms with Crippen LogP contribution in [0.1, 0.15) is 43.1 Å². The van der Waals surface area contributed by atoms with Crippen LogP contribution < -0.4 is 5.73 Å². The minimum atomic E-state index is -3.64. The van der Waals surface area contributed by atoms with Crippen LogP contribution in [0.3, 0.4) is 0 Å². The Kier molecular flexibility index (Phi) is 6.21. The summed E-state index contributed by atoms with van der Waals surface area (Å²) in [6.45, 7) is 5.99. The molecule has 1 atom stereocenters. The van der Waals surface area contributed by atoms with E-state index in [0.717, 1.165) is 12.0 Å². The van der Waals surface area contributed by atoms with Crippen LogP contribution in [0.4, 0.5) is 0 Å². The second kappa shape index (κ2) is 8.01. The Balaban J connectivity index is 2.23. The lowest BCUT2D eigenvalue weighted by Crippen LogP contribution is -2.37. The molecular formula is C20H25NO4S. The average Bonchev–Trinajstić information content (AvgIpc) is 2.62. The predicted molar refractivity (Wildman–Crippen MR) is 101 cm³/mol. The van der Waals surface area contributed by atoms with Crippen molar-refractivity contribution in [2.45, 2.75) is 48.9 Å². The average molecular weight is 375 g/mol. The van der Waals surface area contributed by atoms with E-state index >= 15 is 0 Å². The first kappa shape index (κ1) is 20.1. The van der Waals surface area contributed by atoms with Gasteiger partial charge in [-0.15, -0.1) is 0 Å². The molecule has 2 aromatic carbocycles. The van der Waals surface area contributed by atoms with Gasteiger partial charge in [0.15, 0.2) is 0 Å². The first-order chi connectivity index (χ1) is 12.2. The summed E-state index contributed by atoms with van der Waals surface area (Å²) in [7, 11) is -3.64. The summed E-state index contributed by atoms with van der Waals surface area (Å²) in [5.74, 6) is -0.471. The number of carbonyl (C=O) groups excluding carboxylic acids is 1. The van der Waals surface area contributed by atoms with Gasteiger partial charge in [-0.25, -0.2) is 13.2 Å². The summed E-state index contributed by atoms with van der Waals surface area (Å²) in [6, 6.07) is 12.5. The zero-order valence-corrected chi connectivity index (χ0v) is 16.2. The lowest BCUT2D eigenvalue weighted by Gasteiger charge is -2.22. The highest BCUT2D eigenvalue weighted by molar-refractivity contribution is 7.91. The lowest BCUT2D eigenvalue weighted by atomic mass is 9.92. The second-order valence-electron chi connectivity index (χ2n) is 6.58. The maximum absolute atomic E-state index is 12.8. The molecule has 2 N–H and O–H groups in total. The predicted octanol–water partition coefficient (Wildman–Crippen LogP) is 3.37. The number of carbonyl (C=O) groups is 1. The molecule has 1 unspecified atom stereocenters. The van der Waals surface area contributed by atoms with Gasteiger partial charge in [0, 0.05) is 5.54 Å². The van der Waals surface area contributed by atoms with Gasteiger partial charge in [0.2, 0.25) is 9.84 Å². The van der Waals surface area contributed by atoms with E-state index in [2.05, 4.69) is 0 Å². The van der Waals surface area contributed by atoms with Gasteiger partial charge in [0.25, 0.3) is 0 Å². The molecule has 26 heavy (non-hydrogen) atoms. The van der Waals surface area contributed by atoms with Crippen molar-refractivity contribution in [2.24, 2.45) is 5.73 Å². The number of nitrogens with two attached hydrogens (primary N) is 1. The molecule has 0 radical (unpaired) electrons. The van der Waals surface area contributed by atoms with Gasteiger partial charge in [-0.05, 0) is 68.7 Å². The number of sulfone groups is 1. The van der Waals surface area contributed by atoms with Crippen LogP contribution in [-0.2, 0) is 21.0 Å². The molecule has 0 aliphatic heterocycles. The minimum absolute atomic E-state index is 0.135. The van der Waals surface area contributed by atoms with Gasteiger partial charge >= 0.3 is 5.97 Å². The zero-order valence-electron chi connectivity index (χ0n) is 15.4. The van der Waals surface area contributed by atoms with E-state index in [1.165, 1.54) is 24.3 Å². The number of benzene rings is 2. The third kappa shape index (κ3) is 4.71. The van der Waals surface area contributed by atoms with E-state index in [-0.39, 0.29) is 21.9 Å². The van der Waals surface area contributed by atoms with Crippen molar-refractivity contribution in [2.75, 3.05) is 6.61 Å². The molecule has 0 aromatic heterocycles. The molecule has 0 aliphatic carbocycles. The van der Waals surface area contributed by atoms with Crippen molar-refractivity contribution in [3.63, 3.8) is 0 Å². The topological polar surface area (TPSA) is 86.5 Å². The molecule has 0 saturated heterocycles. The van der Waals surface area contributed by atoms with Crippen molar-refractivity contribution in [1.82, 2.24) is 0 Å². The molecule has 6 heteroatoms. The SMILES string of the molecule is CCOC(=O)c1ccc(S(=O)(=O)c2ccc(CC(C)(N)CC)cc2)cc1. The number of hydrogen-bond donors (Lipinski definition) is 1. The number of hydrogen-bond acceptors (Lipinski definition) is 5. The van der Waals surface area contributed by atoms with Crippen LogP contribution in [0, 0.1) is 0 Å². The molecule has 0 bridgehead atoms. The van der Waals surface area contributed by atoms with Crippen molar-refractivity contribution in [3.05, 3.63) is 59.7 Å². The molecule has 0 fully saturated rings. The fourth-order valence-corrected chi connectivity index (χ4v) is 3.76. The number of esters is 1. The molecule has 0 aliphatic rings. The first-order valence-corrected chi connectivity index (χ1v) is 10.1. The highest BCUT2D eigenvalue weighted by Gasteiger charge is 2.20. The van der Waals surface area contributed by atoms with E-state index in [0.29, 0.717) is 12.0 Å². The van der Waals surface area contributed by atoms with Crippen molar-refractivity contribution >= 4 is 15.8 Å². The second-order valence-corrected chi connectivity index (χ2v) is 8.53. The van der Waals surface area contributed by atoms with Crippen LogP contribution in [-0.4, -0.2) is 26.5 Å². The lowest BCUT2D eigenvalue weighted by molar-refractivity contribution is 0.0526. The Morgan fingerprint density at radius 3 is 1.96 bits per heavy atom. The molecule has 0 saturated carbocycles. The van der Waals surface area contributed by atoms with Crippen LogP contribution in [0.15, 0.2) is 58.3 Å². The molecule has 140 valence electrons. The number of ether oxygens (including phenoxy) is 1. The Hall–Kier alpha value is -2.18. The molecule has 5 nitrogen and oxygen atoms in total. The fourth-order valence-electron chi connectivity index (χ4n) is 2.50. The Labute approximate surface area is 155 Å². The molecule has 0 amide bonds. The maximum atomic E-state index is 12.8. The van der Waals surface area contributed by atoms with E-state index < -0.39 is 15.8 Å². The van der Waals surface area contributed by atoms with Gasteiger partial charge in [-0.2, -0.15) is 0 Å². The van der Waals surface area contributed by atoms with E-state index in [1.807, 2.05) is 13.8 Å². The largest absolute Gasteiger partial charge is 0.462 e. The molecule has 2 rings (SSSR count). The quantitative estimate of drug-likeness (QED) is 0.750. The number of rotatable bonds is 7. The maximum Gasteiger partial charge on any atom is 0.338 e. The molecule has 0 spiro atoms. The highest BCUT2D eigenvalue weighted by Crippen LogP contribution is 2.23. The van der Waals surface area contributed by atoms with Gasteiger partial charge in [-0.1, -0.05) is 19.1 Å². The summed E-state index contributed by atoms with van der Waals surface area (Å²) in [6.07, 6.45) is 1.51. The Morgan fingerprint density at radius 2 is 1.50 bits per heavy atom. The van der Waals surface area contributed by atoms with Gasteiger partial charge in [0.05, 0.1) is 22.0 Å². The van der Waals surface area contributed by atoms with Gasteiger partial charge in [-0.3, -0.25) is 0 Å². The van der Waals surface area contributed by atoms with E-state index in [1.54, 1.807) is 31.2 Å². The molecule has 0 heterocycles. The normalized spacial score (nSPS) is 13.8. The standard InChI is InChI=1S/C20H25NO4S/c1-4-20(3,21)14-15-6-10-17(11-7-15)26(23,24)18-12-8-16(9-13-18)19(22)25-5-2/h6-13H,4-5,14,21H2,1-3H3. The van der Waals surface area contributed by atoms with E-state index in [4.69, 9.17) is 10.5 Å². The fraction of sp³-hybridized carbons (Fsp3) is 0.350. The first-order valence-electron chi connectivity index (χ1n) is 8.59. The van der Waals surface area contributed by atoms with Crippen LogP contribution >= 0.6 is 0 Å². The van der Waals surface area contributed by atoms with Gasteiger partial charge < -0.3 is 10.5 Å². The van der Waals surface area contributed by atoms with Crippen LogP contribution in [0.2, 0.25) is 0 Å². The van der Waals surface area contributed by atoms with Gasteiger partial charge in [0.1, 0.15) is 0 Å². The van der Waals surface area contributed by atoms with Crippen LogP contribution in [0.25, 0.3) is 0 Å². The Morgan fingerprint density at radius 1 is 1.00 bits per heavy atom. The van der Waals surface area contributed by atoms with Crippen molar-refractivity contribution < 1.29 is 17.9 Å². The molecule has 2 aromatic rings. The third-order valence-corrected chi connectivity index (χ3v) is 6.11. The minimum Gasteiger partial charge on any atom is -0.462 e. The Bertz CT molecular complexity index is 854. The summed E-state index contributed by atoms with van der Waals surface area (Å²) in [5.41, 5.74) is 7.17. The summed E-state index contributed by atoms with van der Waals surface area (Å²) < 4.78 is 30.4. The molecular weight excluding hydrogens is 350 g/mol.